The average Bonchev–Trinajstić information content (AvgIpc) is 2.39. The zero-order valence-corrected chi connectivity index (χ0v) is 13.3. The number of ether oxygens (including phenoxy) is 1. The van der Waals surface area contributed by atoms with Gasteiger partial charge in [-0.2, -0.15) is 0 Å². The fourth-order valence-corrected chi connectivity index (χ4v) is 2.34. The van der Waals surface area contributed by atoms with Gasteiger partial charge in [0.25, 0.3) is 0 Å². The summed E-state index contributed by atoms with van der Waals surface area (Å²) in [6.07, 6.45) is 0. The molecule has 1 aromatic carbocycles. The van der Waals surface area contributed by atoms with Crippen LogP contribution < -0.4 is 10.2 Å². The minimum Gasteiger partial charge on any atom is -0.383 e. The van der Waals surface area contributed by atoms with Crippen LogP contribution in [0, 0.1) is 0 Å². The number of anilines is 1. The van der Waals surface area contributed by atoms with Crippen LogP contribution in [0.5, 0.6) is 0 Å². The summed E-state index contributed by atoms with van der Waals surface area (Å²) in [4.78, 5) is 2.35. The Bertz CT molecular complexity index is 371. The van der Waals surface area contributed by atoms with Crippen LogP contribution in [0.3, 0.4) is 0 Å². The SMILES string of the molecule is CCN(CCOC)c1ccc(Br)cc1C(C)NC. The first-order valence-corrected chi connectivity index (χ1v) is 7.13. The number of likely N-dealkylation sites (N-methyl/N-ethyl adjacent to an activating group) is 1. The van der Waals surface area contributed by atoms with Gasteiger partial charge in [-0.3, -0.25) is 0 Å². The van der Waals surface area contributed by atoms with Crippen molar-refractivity contribution in [1.29, 1.82) is 0 Å². The van der Waals surface area contributed by atoms with Gasteiger partial charge in [0.15, 0.2) is 0 Å². The second kappa shape index (κ2) is 7.77. The number of hydrogen-bond acceptors (Lipinski definition) is 3. The number of nitrogens with one attached hydrogen (secondary N) is 1. The fraction of sp³-hybridized carbons (Fsp3) is 0.571. The highest BCUT2D eigenvalue weighted by atomic mass is 79.9. The molecular formula is C14H23BrN2O. The van der Waals surface area contributed by atoms with Crippen LogP contribution in [0.25, 0.3) is 0 Å². The lowest BCUT2D eigenvalue weighted by Crippen LogP contribution is -2.29. The Balaban J connectivity index is 3.04. The highest BCUT2D eigenvalue weighted by Crippen LogP contribution is 2.29. The van der Waals surface area contributed by atoms with Gasteiger partial charge in [-0.1, -0.05) is 15.9 Å². The van der Waals surface area contributed by atoms with Gasteiger partial charge in [-0.05, 0) is 44.7 Å². The van der Waals surface area contributed by atoms with Crippen molar-refractivity contribution >= 4 is 21.6 Å². The summed E-state index contributed by atoms with van der Waals surface area (Å²) in [6.45, 7) is 6.99. The van der Waals surface area contributed by atoms with E-state index >= 15 is 0 Å². The number of methoxy groups -OCH3 is 1. The molecule has 0 fully saturated rings. The Labute approximate surface area is 119 Å². The van der Waals surface area contributed by atoms with Crippen molar-refractivity contribution in [2.45, 2.75) is 19.9 Å². The van der Waals surface area contributed by atoms with Crippen LogP contribution in [0.4, 0.5) is 5.69 Å². The van der Waals surface area contributed by atoms with E-state index in [-0.39, 0.29) is 0 Å². The molecule has 1 unspecified atom stereocenters. The van der Waals surface area contributed by atoms with Crippen LogP contribution in [0.15, 0.2) is 22.7 Å². The largest absolute Gasteiger partial charge is 0.383 e. The highest BCUT2D eigenvalue weighted by Gasteiger charge is 2.14. The Hall–Kier alpha value is -0.580. The van der Waals surface area contributed by atoms with Gasteiger partial charge in [-0.25, -0.2) is 0 Å². The van der Waals surface area contributed by atoms with E-state index in [0.29, 0.717) is 6.04 Å². The summed E-state index contributed by atoms with van der Waals surface area (Å²) in [5.41, 5.74) is 2.59. The van der Waals surface area contributed by atoms with E-state index in [2.05, 4.69) is 58.2 Å². The molecule has 0 bridgehead atoms. The maximum Gasteiger partial charge on any atom is 0.0637 e. The smallest absolute Gasteiger partial charge is 0.0637 e. The predicted molar refractivity (Wildman–Crippen MR) is 81.4 cm³/mol. The molecule has 0 aliphatic carbocycles. The summed E-state index contributed by atoms with van der Waals surface area (Å²) >= 11 is 3.55. The van der Waals surface area contributed by atoms with Crippen LogP contribution in [0.1, 0.15) is 25.5 Å². The van der Waals surface area contributed by atoms with Crippen LogP contribution in [0.2, 0.25) is 0 Å². The Morgan fingerprint density at radius 1 is 1.44 bits per heavy atom. The van der Waals surface area contributed by atoms with Crippen LogP contribution in [-0.4, -0.2) is 33.9 Å². The molecule has 1 aromatic rings. The molecule has 1 N–H and O–H groups in total. The molecule has 0 aliphatic heterocycles. The molecule has 0 aliphatic rings. The minimum atomic E-state index is 0.328. The molecule has 18 heavy (non-hydrogen) atoms. The molecule has 0 saturated carbocycles. The van der Waals surface area contributed by atoms with Crippen molar-refractivity contribution in [2.75, 3.05) is 38.8 Å². The number of halogens is 1. The van der Waals surface area contributed by atoms with Crippen molar-refractivity contribution in [3.05, 3.63) is 28.2 Å². The molecule has 0 spiro atoms. The second-order valence-electron chi connectivity index (χ2n) is 4.29. The zero-order chi connectivity index (χ0) is 13.5. The quantitative estimate of drug-likeness (QED) is 0.836. The third kappa shape index (κ3) is 3.97. The minimum absolute atomic E-state index is 0.328. The number of rotatable bonds is 7. The molecule has 102 valence electrons. The van der Waals surface area contributed by atoms with E-state index in [1.54, 1.807) is 7.11 Å². The van der Waals surface area contributed by atoms with E-state index in [4.69, 9.17) is 4.74 Å². The van der Waals surface area contributed by atoms with Crippen molar-refractivity contribution in [2.24, 2.45) is 0 Å². The molecule has 4 heteroatoms. The number of benzene rings is 1. The Morgan fingerprint density at radius 2 is 2.17 bits per heavy atom. The lowest BCUT2D eigenvalue weighted by Gasteiger charge is -2.27. The van der Waals surface area contributed by atoms with Gasteiger partial charge >= 0.3 is 0 Å². The van der Waals surface area contributed by atoms with E-state index in [1.165, 1.54) is 11.3 Å². The summed E-state index contributed by atoms with van der Waals surface area (Å²) < 4.78 is 6.30. The summed E-state index contributed by atoms with van der Waals surface area (Å²) in [5, 5.41) is 3.31. The lowest BCUT2D eigenvalue weighted by atomic mass is 10.1. The molecule has 1 rings (SSSR count). The number of hydrogen-bond donors (Lipinski definition) is 1. The van der Waals surface area contributed by atoms with Gasteiger partial charge in [0, 0.05) is 36.4 Å². The number of nitrogens with zero attached hydrogens (tertiary/aromatic N) is 1. The van der Waals surface area contributed by atoms with E-state index < -0.39 is 0 Å². The molecule has 3 nitrogen and oxygen atoms in total. The van der Waals surface area contributed by atoms with Gasteiger partial charge in [-0.15, -0.1) is 0 Å². The maximum atomic E-state index is 5.18. The molecule has 0 radical (unpaired) electrons. The average molecular weight is 315 g/mol. The molecular weight excluding hydrogens is 292 g/mol. The van der Waals surface area contributed by atoms with E-state index in [1.807, 2.05) is 7.05 Å². The third-order valence-corrected chi connectivity index (χ3v) is 3.67. The van der Waals surface area contributed by atoms with E-state index in [0.717, 1.165) is 24.2 Å². The first-order valence-electron chi connectivity index (χ1n) is 6.34. The van der Waals surface area contributed by atoms with Gasteiger partial charge < -0.3 is 15.0 Å². The van der Waals surface area contributed by atoms with Crippen molar-refractivity contribution in [3.8, 4) is 0 Å². The summed E-state index contributed by atoms with van der Waals surface area (Å²) in [5.74, 6) is 0. The Morgan fingerprint density at radius 3 is 2.72 bits per heavy atom. The predicted octanol–water partition coefficient (Wildman–Crippen LogP) is 3.20. The Kier molecular flexibility index (Phi) is 6.68. The van der Waals surface area contributed by atoms with Crippen LogP contribution in [-0.2, 0) is 4.74 Å². The topological polar surface area (TPSA) is 24.5 Å². The third-order valence-electron chi connectivity index (χ3n) is 3.18. The molecule has 0 amide bonds. The first kappa shape index (κ1) is 15.5. The van der Waals surface area contributed by atoms with Gasteiger partial charge in [0.2, 0.25) is 0 Å². The van der Waals surface area contributed by atoms with Crippen LogP contribution >= 0.6 is 15.9 Å². The monoisotopic (exact) mass is 314 g/mol. The molecule has 0 heterocycles. The summed E-state index contributed by atoms with van der Waals surface area (Å²) in [6, 6.07) is 6.78. The standard InChI is InChI=1S/C14H23BrN2O/c1-5-17(8-9-18-4)14-7-6-12(15)10-13(14)11(2)16-3/h6-7,10-11,16H,5,8-9H2,1-4H3. The van der Waals surface area contributed by atoms with E-state index in [9.17, 15) is 0 Å². The molecule has 1 atom stereocenters. The van der Waals surface area contributed by atoms with Crippen molar-refractivity contribution in [3.63, 3.8) is 0 Å². The fourth-order valence-electron chi connectivity index (χ4n) is 1.97. The van der Waals surface area contributed by atoms with Crippen molar-refractivity contribution in [1.82, 2.24) is 5.32 Å². The lowest BCUT2D eigenvalue weighted by molar-refractivity contribution is 0.205. The second-order valence-corrected chi connectivity index (χ2v) is 5.20. The normalized spacial score (nSPS) is 12.5. The molecule has 0 aromatic heterocycles. The van der Waals surface area contributed by atoms with Crippen molar-refractivity contribution < 1.29 is 4.74 Å². The highest BCUT2D eigenvalue weighted by molar-refractivity contribution is 9.10. The summed E-state index contributed by atoms with van der Waals surface area (Å²) in [7, 11) is 3.73. The van der Waals surface area contributed by atoms with Gasteiger partial charge in [0.1, 0.15) is 0 Å². The maximum absolute atomic E-state index is 5.18. The molecule has 0 saturated heterocycles. The zero-order valence-electron chi connectivity index (χ0n) is 11.7. The van der Waals surface area contributed by atoms with Gasteiger partial charge in [0.05, 0.1) is 6.61 Å². The first-order chi connectivity index (χ1) is 8.63.